The number of ether oxygens (including phenoxy) is 2. The molecule has 3 nitrogen and oxygen atoms in total. The van der Waals surface area contributed by atoms with Crippen LogP contribution in [0.3, 0.4) is 0 Å². The fraction of sp³-hybridized carbons (Fsp3) is 0.500. The quantitative estimate of drug-likeness (QED) is 0.837. The van der Waals surface area contributed by atoms with Crippen molar-refractivity contribution in [3.8, 4) is 0 Å². The van der Waals surface area contributed by atoms with Crippen LogP contribution in [-0.4, -0.2) is 33.5 Å². The summed E-state index contributed by atoms with van der Waals surface area (Å²) in [5.41, 5.74) is 1.14. The molecule has 0 fully saturated rings. The van der Waals surface area contributed by atoms with Crippen molar-refractivity contribution < 1.29 is 9.47 Å². The van der Waals surface area contributed by atoms with E-state index in [2.05, 4.69) is 21.2 Å². The third-order valence-electron chi connectivity index (χ3n) is 2.37. The lowest BCUT2D eigenvalue weighted by molar-refractivity contribution is 0.0288. The first-order valence-electron chi connectivity index (χ1n) is 5.33. The van der Waals surface area contributed by atoms with Crippen LogP contribution in [0.5, 0.6) is 0 Å². The molecule has 1 unspecified atom stereocenters. The van der Waals surface area contributed by atoms with Gasteiger partial charge in [-0.05, 0) is 33.6 Å². The van der Waals surface area contributed by atoms with Gasteiger partial charge in [0.15, 0.2) is 0 Å². The summed E-state index contributed by atoms with van der Waals surface area (Å²) in [6.07, 6.45) is 0.0749. The molecule has 0 saturated heterocycles. The molecular formula is C12H17BrClNO2. The maximum atomic E-state index is 6.01. The number of hydrogen-bond acceptors (Lipinski definition) is 3. The van der Waals surface area contributed by atoms with E-state index >= 15 is 0 Å². The number of rotatable bonds is 7. The van der Waals surface area contributed by atoms with Crippen molar-refractivity contribution in [2.45, 2.75) is 12.6 Å². The minimum Gasteiger partial charge on any atom is -0.382 e. The van der Waals surface area contributed by atoms with E-state index in [1.54, 1.807) is 14.2 Å². The van der Waals surface area contributed by atoms with Gasteiger partial charge >= 0.3 is 0 Å². The Bertz CT molecular complexity index is 349. The van der Waals surface area contributed by atoms with E-state index in [1.165, 1.54) is 0 Å². The van der Waals surface area contributed by atoms with E-state index < -0.39 is 0 Å². The Hall–Kier alpha value is -0.130. The maximum absolute atomic E-state index is 6.01. The van der Waals surface area contributed by atoms with Crippen LogP contribution in [0, 0.1) is 0 Å². The fourth-order valence-electron chi connectivity index (χ4n) is 1.42. The summed E-state index contributed by atoms with van der Waals surface area (Å²) in [6, 6.07) is 5.92. The Balaban J connectivity index is 2.37. The third-order valence-corrected chi connectivity index (χ3v) is 3.60. The van der Waals surface area contributed by atoms with Gasteiger partial charge in [-0.2, -0.15) is 0 Å². The first-order chi connectivity index (χ1) is 8.17. The average Bonchev–Trinajstić information content (AvgIpc) is 2.32. The molecule has 0 aliphatic heterocycles. The van der Waals surface area contributed by atoms with Crippen molar-refractivity contribution in [2.75, 3.05) is 27.4 Å². The molecule has 0 amide bonds. The van der Waals surface area contributed by atoms with Gasteiger partial charge in [0.2, 0.25) is 0 Å². The lowest BCUT2D eigenvalue weighted by Crippen LogP contribution is -2.31. The fourth-order valence-corrected chi connectivity index (χ4v) is 1.87. The molecule has 5 heteroatoms. The van der Waals surface area contributed by atoms with Crippen molar-refractivity contribution in [1.29, 1.82) is 0 Å². The largest absolute Gasteiger partial charge is 0.382 e. The standard InChI is InChI=1S/C12H17BrClNO2/c1-16-8-10(17-2)7-15-6-9-3-4-11(13)12(14)5-9/h3-5,10,15H,6-8H2,1-2H3. The molecule has 1 rings (SSSR count). The first-order valence-corrected chi connectivity index (χ1v) is 6.50. The highest BCUT2D eigenvalue weighted by Gasteiger charge is 2.06. The van der Waals surface area contributed by atoms with Crippen molar-refractivity contribution in [3.05, 3.63) is 33.3 Å². The van der Waals surface area contributed by atoms with Gasteiger partial charge in [0.1, 0.15) is 0 Å². The SMILES string of the molecule is COCC(CNCc1ccc(Br)c(Cl)c1)OC. The Morgan fingerprint density at radius 2 is 2.18 bits per heavy atom. The van der Waals surface area contributed by atoms with Crippen molar-refractivity contribution in [2.24, 2.45) is 0 Å². The summed E-state index contributed by atoms with van der Waals surface area (Å²) in [5, 5.41) is 4.03. The molecule has 0 heterocycles. The van der Waals surface area contributed by atoms with Gasteiger partial charge in [-0.15, -0.1) is 0 Å². The number of methoxy groups -OCH3 is 2. The van der Waals surface area contributed by atoms with E-state index in [1.807, 2.05) is 18.2 Å². The van der Waals surface area contributed by atoms with E-state index in [0.717, 1.165) is 28.1 Å². The predicted octanol–water partition coefficient (Wildman–Crippen LogP) is 2.85. The highest BCUT2D eigenvalue weighted by Crippen LogP contribution is 2.22. The summed E-state index contributed by atoms with van der Waals surface area (Å²) < 4.78 is 11.2. The summed E-state index contributed by atoms with van der Waals surface area (Å²) in [7, 11) is 3.35. The van der Waals surface area contributed by atoms with Crippen LogP contribution >= 0.6 is 27.5 Å². The summed E-state index contributed by atoms with van der Waals surface area (Å²) >= 11 is 9.38. The number of benzene rings is 1. The van der Waals surface area contributed by atoms with Crippen LogP contribution < -0.4 is 5.32 Å². The van der Waals surface area contributed by atoms with Crippen LogP contribution in [0.1, 0.15) is 5.56 Å². The second kappa shape index (κ2) is 8.06. The van der Waals surface area contributed by atoms with Gasteiger partial charge in [0.25, 0.3) is 0 Å². The van der Waals surface area contributed by atoms with Crippen molar-refractivity contribution >= 4 is 27.5 Å². The molecule has 0 spiro atoms. The highest BCUT2D eigenvalue weighted by atomic mass is 79.9. The lowest BCUT2D eigenvalue weighted by atomic mass is 10.2. The lowest BCUT2D eigenvalue weighted by Gasteiger charge is -2.15. The minimum atomic E-state index is 0.0749. The first kappa shape index (κ1) is 14.9. The molecule has 1 N–H and O–H groups in total. The molecule has 1 atom stereocenters. The van der Waals surface area contributed by atoms with Crippen LogP contribution in [0.15, 0.2) is 22.7 Å². The zero-order valence-electron chi connectivity index (χ0n) is 10.0. The monoisotopic (exact) mass is 321 g/mol. The van der Waals surface area contributed by atoms with Gasteiger partial charge < -0.3 is 14.8 Å². The minimum absolute atomic E-state index is 0.0749. The topological polar surface area (TPSA) is 30.5 Å². The van der Waals surface area contributed by atoms with Gasteiger partial charge in [-0.3, -0.25) is 0 Å². The third kappa shape index (κ3) is 5.36. The molecule has 0 aliphatic carbocycles. The summed E-state index contributed by atoms with van der Waals surface area (Å²) in [5.74, 6) is 0. The average molecular weight is 323 g/mol. The number of hydrogen-bond donors (Lipinski definition) is 1. The normalized spacial score (nSPS) is 12.7. The number of halogens is 2. The Morgan fingerprint density at radius 1 is 1.41 bits per heavy atom. The molecule has 0 radical (unpaired) electrons. The zero-order valence-corrected chi connectivity index (χ0v) is 12.3. The number of nitrogens with one attached hydrogen (secondary N) is 1. The van der Waals surface area contributed by atoms with Crippen LogP contribution in [0.4, 0.5) is 0 Å². The Kier molecular flexibility index (Phi) is 7.08. The van der Waals surface area contributed by atoms with Gasteiger partial charge in [0, 0.05) is 31.8 Å². The van der Waals surface area contributed by atoms with E-state index in [-0.39, 0.29) is 6.10 Å². The van der Waals surface area contributed by atoms with Crippen molar-refractivity contribution in [1.82, 2.24) is 5.32 Å². The molecule has 96 valence electrons. The summed E-state index contributed by atoms with van der Waals surface area (Å²) in [4.78, 5) is 0. The van der Waals surface area contributed by atoms with Gasteiger partial charge in [-0.25, -0.2) is 0 Å². The molecule has 1 aromatic rings. The molecule has 0 saturated carbocycles. The zero-order chi connectivity index (χ0) is 12.7. The van der Waals surface area contributed by atoms with E-state index in [0.29, 0.717) is 6.61 Å². The second-order valence-corrected chi connectivity index (χ2v) is 4.95. The van der Waals surface area contributed by atoms with Crippen LogP contribution in [-0.2, 0) is 16.0 Å². The van der Waals surface area contributed by atoms with Crippen LogP contribution in [0.25, 0.3) is 0 Å². The van der Waals surface area contributed by atoms with Crippen LogP contribution in [0.2, 0.25) is 5.02 Å². The molecule has 1 aromatic carbocycles. The Labute approximate surface area is 116 Å². The molecule has 17 heavy (non-hydrogen) atoms. The van der Waals surface area contributed by atoms with Crippen molar-refractivity contribution in [3.63, 3.8) is 0 Å². The van der Waals surface area contributed by atoms with E-state index in [9.17, 15) is 0 Å². The summed E-state index contributed by atoms with van der Waals surface area (Å²) in [6.45, 7) is 2.10. The molecular weight excluding hydrogens is 305 g/mol. The highest BCUT2D eigenvalue weighted by molar-refractivity contribution is 9.10. The van der Waals surface area contributed by atoms with Gasteiger partial charge in [-0.1, -0.05) is 17.7 Å². The smallest absolute Gasteiger partial charge is 0.0928 e. The Morgan fingerprint density at radius 3 is 2.76 bits per heavy atom. The second-order valence-electron chi connectivity index (χ2n) is 3.69. The molecule has 0 bridgehead atoms. The van der Waals surface area contributed by atoms with Gasteiger partial charge in [0.05, 0.1) is 17.7 Å². The predicted molar refractivity (Wildman–Crippen MR) is 73.5 cm³/mol. The molecule has 0 aromatic heterocycles. The molecule has 0 aliphatic rings. The maximum Gasteiger partial charge on any atom is 0.0928 e. The van der Waals surface area contributed by atoms with E-state index in [4.69, 9.17) is 21.1 Å².